The fourth-order valence-electron chi connectivity index (χ4n) is 5.89. The topological polar surface area (TPSA) is 3.24 Å². The molecule has 0 aliphatic rings. The Morgan fingerprint density at radius 2 is 0.958 bits per heavy atom. The van der Waals surface area contributed by atoms with Crippen molar-refractivity contribution in [1.82, 2.24) is 4.90 Å². The first-order valence-corrected chi connectivity index (χ1v) is 10.9. The van der Waals surface area contributed by atoms with E-state index in [0.717, 1.165) is 23.7 Å². The maximum atomic E-state index is 2.57. The fourth-order valence-corrected chi connectivity index (χ4v) is 5.89. The van der Waals surface area contributed by atoms with Crippen molar-refractivity contribution < 1.29 is 0 Å². The number of nitrogens with zero attached hydrogens (tertiary/aromatic N) is 1. The van der Waals surface area contributed by atoms with Gasteiger partial charge in [-0.15, -0.1) is 0 Å². The molecule has 0 bridgehead atoms. The van der Waals surface area contributed by atoms with Gasteiger partial charge in [0.2, 0.25) is 0 Å². The first-order valence-electron chi connectivity index (χ1n) is 10.9. The molecule has 0 aliphatic heterocycles. The molecular formula is C23H49N. The highest BCUT2D eigenvalue weighted by Crippen LogP contribution is 2.54. The number of hydrogen-bond acceptors (Lipinski definition) is 1. The van der Waals surface area contributed by atoms with E-state index in [1.165, 1.54) is 44.9 Å². The zero-order valence-electron chi connectivity index (χ0n) is 18.8. The van der Waals surface area contributed by atoms with E-state index in [1.807, 2.05) is 0 Å². The van der Waals surface area contributed by atoms with E-state index in [4.69, 9.17) is 0 Å². The molecule has 0 saturated carbocycles. The molecule has 5 atom stereocenters. The first kappa shape index (κ1) is 24.0. The van der Waals surface area contributed by atoms with Gasteiger partial charge in [-0.05, 0) is 56.5 Å². The van der Waals surface area contributed by atoms with Crippen LogP contribution in [0, 0.1) is 29.1 Å². The summed E-state index contributed by atoms with van der Waals surface area (Å²) < 4.78 is 0. The van der Waals surface area contributed by atoms with Crippen molar-refractivity contribution in [1.29, 1.82) is 0 Å². The average Bonchev–Trinajstić information content (AvgIpc) is 2.48. The summed E-state index contributed by atoms with van der Waals surface area (Å²) in [6, 6.07) is 0.663. The molecular weight excluding hydrogens is 290 g/mol. The van der Waals surface area contributed by atoms with Gasteiger partial charge in [-0.2, -0.15) is 0 Å². The monoisotopic (exact) mass is 339 g/mol. The summed E-state index contributed by atoms with van der Waals surface area (Å²) in [5.41, 5.74) is 0.478. The van der Waals surface area contributed by atoms with Gasteiger partial charge in [-0.25, -0.2) is 0 Å². The Morgan fingerprint density at radius 3 is 1.21 bits per heavy atom. The predicted molar refractivity (Wildman–Crippen MR) is 112 cm³/mol. The molecule has 0 N–H and O–H groups in total. The lowest BCUT2D eigenvalue weighted by Gasteiger charge is -2.54. The van der Waals surface area contributed by atoms with Gasteiger partial charge in [-0.3, -0.25) is 0 Å². The van der Waals surface area contributed by atoms with Crippen LogP contribution in [0.4, 0.5) is 0 Å². The molecule has 0 aliphatic carbocycles. The van der Waals surface area contributed by atoms with Crippen LogP contribution in [0.3, 0.4) is 0 Å². The van der Waals surface area contributed by atoms with Crippen molar-refractivity contribution >= 4 is 0 Å². The van der Waals surface area contributed by atoms with Crippen molar-refractivity contribution in [2.24, 2.45) is 29.1 Å². The van der Waals surface area contributed by atoms with Gasteiger partial charge in [0.25, 0.3) is 0 Å². The maximum absolute atomic E-state index is 2.57. The molecule has 0 aromatic rings. The number of hydrogen-bond donors (Lipinski definition) is 0. The smallest absolute Gasteiger partial charge is 0.00635 e. The third kappa shape index (κ3) is 5.75. The van der Waals surface area contributed by atoms with Crippen LogP contribution in [0.2, 0.25) is 0 Å². The minimum atomic E-state index is 0.478. The van der Waals surface area contributed by atoms with Crippen LogP contribution < -0.4 is 0 Å². The van der Waals surface area contributed by atoms with Gasteiger partial charge in [0.05, 0.1) is 0 Å². The SMILES string of the molecule is CCCC(C)C(C(C)CCC)(C(C)CCC)C(C)CC(C)N(C)C. The highest BCUT2D eigenvalue weighted by Gasteiger charge is 2.48. The summed E-state index contributed by atoms with van der Waals surface area (Å²) in [7, 11) is 4.47. The summed E-state index contributed by atoms with van der Waals surface area (Å²) in [6.07, 6.45) is 9.40. The van der Waals surface area contributed by atoms with E-state index < -0.39 is 0 Å². The van der Waals surface area contributed by atoms with E-state index in [-0.39, 0.29) is 0 Å². The van der Waals surface area contributed by atoms with E-state index in [2.05, 4.69) is 74.4 Å². The normalized spacial score (nSPS) is 21.1. The van der Waals surface area contributed by atoms with E-state index in [1.54, 1.807) is 0 Å². The Hall–Kier alpha value is -0.0400. The molecule has 0 aromatic heterocycles. The molecule has 24 heavy (non-hydrogen) atoms. The Labute approximate surface area is 155 Å². The molecule has 0 heterocycles. The largest absolute Gasteiger partial charge is 0.307 e. The van der Waals surface area contributed by atoms with Gasteiger partial charge in [0, 0.05) is 6.04 Å². The van der Waals surface area contributed by atoms with E-state index >= 15 is 0 Å². The molecule has 1 nitrogen and oxygen atoms in total. The summed E-state index contributed by atoms with van der Waals surface area (Å²) in [5.74, 6) is 3.22. The lowest BCUT2D eigenvalue weighted by atomic mass is 9.51. The summed E-state index contributed by atoms with van der Waals surface area (Å²) in [6.45, 7) is 19.8. The third-order valence-corrected chi connectivity index (χ3v) is 7.16. The molecule has 0 radical (unpaired) electrons. The zero-order valence-corrected chi connectivity index (χ0v) is 18.8. The van der Waals surface area contributed by atoms with Crippen molar-refractivity contribution in [3.05, 3.63) is 0 Å². The Bertz CT molecular complexity index is 278. The second-order valence-corrected chi connectivity index (χ2v) is 9.02. The fraction of sp³-hybridized carbons (Fsp3) is 1.00. The van der Waals surface area contributed by atoms with Gasteiger partial charge >= 0.3 is 0 Å². The molecule has 0 spiro atoms. The zero-order chi connectivity index (χ0) is 18.9. The molecule has 0 rings (SSSR count). The lowest BCUT2D eigenvalue weighted by molar-refractivity contribution is -0.0532. The predicted octanol–water partition coefficient (Wildman–Crippen LogP) is 7.26. The molecule has 1 heteroatoms. The van der Waals surface area contributed by atoms with Crippen LogP contribution in [0.25, 0.3) is 0 Å². The number of rotatable bonds is 13. The second kappa shape index (κ2) is 11.6. The summed E-state index contributed by atoms with van der Waals surface area (Å²) in [5, 5.41) is 0. The minimum absolute atomic E-state index is 0.478. The van der Waals surface area contributed by atoms with Crippen LogP contribution >= 0.6 is 0 Å². The van der Waals surface area contributed by atoms with Crippen molar-refractivity contribution in [2.75, 3.05) is 14.1 Å². The quantitative estimate of drug-likeness (QED) is 0.341. The van der Waals surface area contributed by atoms with E-state index in [0.29, 0.717) is 11.5 Å². The van der Waals surface area contributed by atoms with E-state index in [9.17, 15) is 0 Å². The van der Waals surface area contributed by atoms with Gasteiger partial charge in [-0.1, -0.05) is 87.0 Å². The molecule has 0 saturated heterocycles. The Kier molecular flexibility index (Phi) is 11.5. The first-order chi connectivity index (χ1) is 11.2. The third-order valence-electron chi connectivity index (χ3n) is 7.16. The van der Waals surface area contributed by atoms with Crippen molar-refractivity contribution in [3.63, 3.8) is 0 Å². The standard InChI is InChI=1S/C23H49N/c1-11-14-18(4)23(19(5)15-12-2,20(6)16-13-3)21(7)17-22(8)24(9)10/h18-22H,11-17H2,1-10H3. The average molecular weight is 340 g/mol. The second-order valence-electron chi connectivity index (χ2n) is 9.02. The summed E-state index contributed by atoms with van der Waals surface area (Å²) >= 11 is 0. The van der Waals surface area contributed by atoms with Gasteiger partial charge in [0.1, 0.15) is 0 Å². The minimum Gasteiger partial charge on any atom is -0.307 e. The van der Waals surface area contributed by atoms with Gasteiger partial charge in [0.15, 0.2) is 0 Å². The molecule has 146 valence electrons. The highest BCUT2D eigenvalue weighted by molar-refractivity contribution is 4.97. The lowest BCUT2D eigenvalue weighted by Crippen LogP contribution is -2.48. The molecule has 0 amide bonds. The maximum Gasteiger partial charge on any atom is 0.00635 e. The Balaban J connectivity index is 5.85. The van der Waals surface area contributed by atoms with Crippen LogP contribution in [0.1, 0.15) is 100 Å². The van der Waals surface area contributed by atoms with Crippen molar-refractivity contribution in [2.45, 2.75) is 106 Å². The van der Waals surface area contributed by atoms with Crippen LogP contribution in [0.15, 0.2) is 0 Å². The molecule has 0 fully saturated rings. The van der Waals surface area contributed by atoms with Gasteiger partial charge < -0.3 is 4.90 Å². The van der Waals surface area contributed by atoms with Crippen LogP contribution in [-0.2, 0) is 0 Å². The Morgan fingerprint density at radius 1 is 0.625 bits per heavy atom. The molecule has 5 unspecified atom stereocenters. The highest BCUT2D eigenvalue weighted by atomic mass is 15.1. The molecule has 0 aromatic carbocycles. The van der Waals surface area contributed by atoms with Crippen LogP contribution in [-0.4, -0.2) is 25.0 Å². The van der Waals surface area contributed by atoms with Crippen LogP contribution in [0.5, 0.6) is 0 Å². The van der Waals surface area contributed by atoms with Crippen molar-refractivity contribution in [3.8, 4) is 0 Å². The summed E-state index contributed by atoms with van der Waals surface area (Å²) in [4.78, 5) is 2.40.